The van der Waals surface area contributed by atoms with Crippen LogP contribution >= 0.6 is 11.3 Å². The molecule has 1 unspecified atom stereocenters. The number of rotatable bonds is 3. The fourth-order valence-corrected chi connectivity index (χ4v) is 5.09. The van der Waals surface area contributed by atoms with Gasteiger partial charge in [-0.2, -0.15) is 0 Å². The molecule has 0 amide bonds. The second-order valence-corrected chi connectivity index (χ2v) is 8.82. The van der Waals surface area contributed by atoms with Crippen molar-refractivity contribution in [2.75, 3.05) is 13.1 Å². The maximum atomic E-state index is 3.95. The van der Waals surface area contributed by atoms with Crippen LogP contribution in [0, 0.1) is 12.8 Å². The van der Waals surface area contributed by atoms with Crippen molar-refractivity contribution in [1.82, 2.24) is 10.2 Å². The number of aryl methyl sites for hydroxylation is 1. The maximum Gasteiger partial charge on any atom is 0.0332 e. The zero-order valence-electron chi connectivity index (χ0n) is 13.8. The SMILES string of the molecule is Cc1ccc(CN2CC3(CCCCC3)NCC2C(C)C)s1. The highest BCUT2D eigenvalue weighted by molar-refractivity contribution is 7.11. The number of piperazine rings is 1. The first-order valence-electron chi connectivity index (χ1n) is 8.62. The Kier molecular flexibility index (Phi) is 4.72. The Hall–Kier alpha value is -0.380. The van der Waals surface area contributed by atoms with Gasteiger partial charge in [0.2, 0.25) is 0 Å². The number of thiophene rings is 1. The van der Waals surface area contributed by atoms with Gasteiger partial charge in [-0.25, -0.2) is 0 Å². The summed E-state index contributed by atoms with van der Waals surface area (Å²) in [5.74, 6) is 0.722. The van der Waals surface area contributed by atoms with Gasteiger partial charge in [-0.15, -0.1) is 11.3 Å². The molecule has 1 aromatic rings. The first kappa shape index (κ1) is 15.5. The topological polar surface area (TPSA) is 15.3 Å². The number of nitrogens with zero attached hydrogens (tertiary/aromatic N) is 1. The van der Waals surface area contributed by atoms with Crippen molar-refractivity contribution in [2.45, 2.75) is 71.0 Å². The average molecular weight is 307 g/mol. The Balaban J connectivity index is 1.74. The molecule has 1 aromatic heterocycles. The highest BCUT2D eigenvalue weighted by atomic mass is 32.1. The van der Waals surface area contributed by atoms with Gasteiger partial charge in [-0.1, -0.05) is 33.1 Å². The van der Waals surface area contributed by atoms with E-state index in [1.165, 1.54) is 54.9 Å². The van der Waals surface area contributed by atoms with Crippen molar-refractivity contribution >= 4 is 11.3 Å². The lowest BCUT2D eigenvalue weighted by atomic mass is 9.78. The van der Waals surface area contributed by atoms with Crippen LogP contribution in [-0.4, -0.2) is 29.6 Å². The van der Waals surface area contributed by atoms with E-state index in [0.717, 1.165) is 12.5 Å². The van der Waals surface area contributed by atoms with Gasteiger partial charge in [0, 0.05) is 41.0 Å². The minimum absolute atomic E-state index is 0.413. The molecule has 3 heteroatoms. The number of hydrogen-bond acceptors (Lipinski definition) is 3. The van der Waals surface area contributed by atoms with Gasteiger partial charge in [-0.3, -0.25) is 4.90 Å². The summed E-state index contributed by atoms with van der Waals surface area (Å²) >= 11 is 1.97. The molecule has 1 N–H and O–H groups in total. The number of nitrogens with one attached hydrogen (secondary N) is 1. The highest BCUT2D eigenvalue weighted by Crippen LogP contribution is 2.34. The molecule has 21 heavy (non-hydrogen) atoms. The Morgan fingerprint density at radius 1 is 1.29 bits per heavy atom. The van der Waals surface area contributed by atoms with Crippen molar-refractivity contribution < 1.29 is 0 Å². The molecule has 1 aliphatic carbocycles. The fourth-order valence-electron chi connectivity index (χ4n) is 4.18. The maximum absolute atomic E-state index is 3.95. The molecule has 0 aromatic carbocycles. The minimum Gasteiger partial charge on any atom is -0.308 e. The summed E-state index contributed by atoms with van der Waals surface area (Å²) in [6.07, 6.45) is 6.99. The lowest BCUT2D eigenvalue weighted by Crippen LogP contribution is -2.65. The van der Waals surface area contributed by atoms with E-state index in [1.54, 1.807) is 0 Å². The van der Waals surface area contributed by atoms with E-state index in [2.05, 4.69) is 43.1 Å². The molecule has 1 saturated carbocycles. The molecule has 1 atom stereocenters. The largest absolute Gasteiger partial charge is 0.308 e. The van der Waals surface area contributed by atoms with Crippen LogP contribution < -0.4 is 5.32 Å². The molecule has 1 saturated heterocycles. The molecule has 118 valence electrons. The molecule has 0 radical (unpaired) electrons. The quantitative estimate of drug-likeness (QED) is 0.901. The van der Waals surface area contributed by atoms with E-state index >= 15 is 0 Å². The third-order valence-corrected chi connectivity index (χ3v) is 6.38. The fraction of sp³-hybridized carbons (Fsp3) is 0.778. The first-order valence-corrected chi connectivity index (χ1v) is 9.44. The Morgan fingerprint density at radius 2 is 2.05 bits per heavy atom. The summed E-state index contributed by atoms with van der Waals surface area (Å²) in [4.78, 5) is 5.75. The van der Waals surface area contributed by atoms with Crippen LogP contribution in [-0.2, 0) is 6.54 Å². The van der Waals surface area contributed by atoms with Gasteiger partial charge >= 0.3 is 0 Å². The first-order chi connectivity index (χ1) is 10.1. The van der Waals surface area contributed by atoms with Crippen molar-refractivity contribution in [2.24, 2.45) is 5.92 Å². The zero-order chi connectivity index (χ0) is 14.9. The second-order valence-electron chi connectivity index (χ2n) is 7.45. The predicted octanol–water partition coefficient (Wildman–Crippen LogP) is 4.19. The molecule has 1 aliphatic heterocycles. The Bertz CT molecular complexity index is 460. The average Bonchev–Trinajstić information content (AvgIpc) is 2.85. The molecule has 2 heterocycles. The predicted molar refractivity (Wildman–Crippen MR) is 91.9 cm³/mol. The molecule has 1 spiro atoms. The van der Waals surface area contributed by atoms with Gasteiger partial charge < -0.3 is 5.32 Å². The zero-order valence-corrected chi connectivity index (χ0v) is 14.6. The molecular formula is C18H30N2S. The molecule has 2 aliphatic rings. The third kappa shape index (κ3) is 3.52. The molecular weight excluding hydrogens is 276 g/mol. The van der Waals surface area contributed by atoms with E-state index in [1.807, 2.05) is 11.3 Å². The van der Waals surface area contributed by atoms with Crippen LogP contribution in [0.5, 0.6) is 0 Å². The van der Waals surface area contributed by atoms with Crippen molar-refractivity contribution in [3.05, 3.63) is 21.9 Å². The van der Waals surface area contributed by atoms with Crippen LogP contribution in [0.15, 0.2) is 12.1 Å². The van der Waals surface area contributed by atoms with Crippen LogP contribution in [0.1, 0.15) is 55.7 Å². The minimum atomic E-state index is 0.413. The summed E-state index contributed by atoms with van der Waals surface area (Å²) in [5.41, 5.74) is 0.413. The van der Waals surface area contributed by atoms with E-state index < -0.39 is 0 Å². The molecule has 0 bridgehead atoms. The second kappa shape index (κ2) is 6.39. The van der Waals surface area contributed by atoms with E-state index in [-0.39, 0.29) is 0 Å². The lowest BCUT2D eigenvalue weighted by molar-refractivity contribution is 0.0316. The van der Waals surface area contributed by atoms with Gasteiger partial charge in [0.1, 0.15) is 0 Å². The van der Waals surface area contributed by atoms with Gasteiger partial charge in [0.05, 0.1) is 0 Å². The Labute approximate surface area is 133 Å². The third-order valence-electron chi connectivity index (χ3n) is 5.40. The van der Waals surface area contributed by atoms with Crippen LogP contribution in [0.3, 0.4) is 0 Å². The summed E-state index contributed by atoms with van der Waals surface area (Å²) in [7, 11) is 0. The molecule has 2 nitrogen and oxygen atoms in total. The van der Waals surface area contributed by atoms with Crippen LogP contribution in [0.4, 0.5) is 0 Å². The van der Waals surface area contributed by atoms with E-state index in [9.17, 15) is 0 Å². The molecule has 3 rings (SSSR count). The van der Waals surface area contributed by atoms with Crippen LogP contribution in [0.25, 0.3) is 0 Å². The van der Waals surface area contributed by atoms with Gasteiger partial charge in [0.25, 0.3) is 0 Å². The highest BCUT2D eigenvalue weighted by Gasteiger charge is 2.40. The summed E-state index contributed by atoms with van der Waals surface area (Å²) < 4.78 is 0. The van der Waals surface area contributed by atoms with E-state index in [0.29, 0.717) is 11.6 Å². The smallest absolute Gasteiger partial charge is 0.0332 e. The van der Waals surface area contributed by atoms with Crippen molar-refractivity contribution in [3.63, 3.8) is 0 Å². The Morgan fingerprint density at radius 3 is 2.67 bits per heavy atom. The summed E-state index contributed by atoms with van der Waals surface area (Å²) in [6, 6.07) is 5.27. The molecule has 2 fully saturated rings. The standard InChI is InChI=1S/C18H30N2S/c1-14(2)17-11-19-18(9-5-4-6-10-18)13-20(17)12-16-8-7-15(3)21-16/h7-8,14,17,19H,4-6,9-13H2,1-3H3. The van der Waals surface area contributed by atoms with Crippen molar-refractivity contribution in [3.8, 4) is 0 Å². The van der Waals surface area contributed by atoms with Gasteiger partial charge in [-0.05, 0) is 37.8 Å². The number of hydrogen-bond donors (Lipinski definition) is 1. The van der Waals surface area contributed by atoms with Crippen LogP contribution in [0.2, 0.25) is 0 Å². The summed E-state index contributed by atoms with van der Waals surface area (Å²) in [6.45, 7) is 10.5. The van der Waals surface area contributed by atoms with Gasteiger partial charge in [0.15, 0.2) is 0 Å². The normalized spacial score (nSPS) is 26.6. The lowest BCUT2D eigenvalue weighted by Gasteiger charge is -2.50. The van der Waals surface area contributed by atoms with Crippen molar-refractivity contribution in [1.29, 1.82) is 0 Å². The monoisotopic (exact) mass is 306 g/mol. The summed E-state index contributed by atoms with van der Waals surface area (Å²) in [5, 5.41) is 3.95. The van der Waals surface area contributed by atoms with E-state index in [4.69, 9.17) is 0 Å².